The minimum absolute atomic E-state index is 0.0690. The summed E-state index contributed by atoms with van der Waals surface area (Å²) in [6, 6.07) is 2.05. The zero-order valence-corrected chi connectivity index (χ0v) is 10.9. The van der Waals surface area contributed by atoms with Crippen molar-refractivity contribution < 1.29 is 9.53 Å². The molecular formula is C11H13Cl2NO2. The van der Waals surface area contributed by atoms with Gasteiger partial charge in [0.25, 0.3) is 0 Å². The van der Waals surface area contributed by atoms with Crippen molar-refractivity contribution >= 4 is 29.2 Å². The molecule has 1 fully saturated rings. The van der Waals surface area contributed by atoms with Crippen molar-refractivity contribution in [2.24, 2.45) is 16.7 Å². The SMILES string of the molecule is CCOC(=O)C1(C#N)C(C=C(Cl)Cl)C1(C)C. The van der Waals surface area contributed by atoms with Gasteiger partial charge in [-0.15, -0.1) is 0 Å². The largest absolute Gasteiger partial charge is 0.465 e. The first-order valence-corrected chi connectivity index (χ1v) is 5.71. The van der Waals surface area contributed by atoms with Crippen molar-refractivity contribution in [3.63, 3.8) is 0 Å². The van der Waals surface area contributed by atoms with E-state index >= 15 is 0 Å². The van der Waals surface area contributed by atoms with Crippen molar-refractivity contribution in [2.45, 2.75) is 20.8 Å². The van der Waals surface area contributed by atoms with E-state index in [0.717, 1.165) is 0 Å². The Balaban J connectivity index is 3.05. The van der Waals surface area contributed by atoms with Gasteiger partial charge >= 0.3 is 5.97 Å². The first kappa shape index (κ1) is 13.3. The van der Waals surface area contributed by atoms with E-state index in [1.165, 1.54) is 6.08 Å². The van der Waals surface area contributed by atoms with Crippen molar-refractivity contribution in [1.82, 2.24) is 0 Å². The molecule has 0 aromatic carbocycles. The van der Waals surface area contributed by atoms with Crippen LogP contribution in [0.2, 0.25) is 0 Å². The zero-order valence-electron chi connectivity index (χ0n) is 9.38. The van der Waals surface area contributed by atoms with Crippen LogP contribution in [-0.2, 0) is 9.53 Å². The number of rotatable bonds is 3. The lowest BCUT2D eigenvalue weighted by Gasteiger charge is -2.09. The molecule has 0 aliphatic heterocycles. The normalized spacial score (nSPS) is 30.1. The molecule has 1 aliphatic carbocycles. The van der Waals surface area contributed by atoms with E-state index < -0.39 is 16.8 Å². The van der Waals surface area contributed by atoms with Crippen LogP contribution in [0.1, 0.15) is 20.8 Å². The number of carbonyl (C=O) groups is 1. The molecule has 0 saturated heterocycles. The highest BCUT2D eigenvalue weighted by molar-refractivity contribution is 6.55. The minimum atomic E-state index is -1.15. The Bertz CT molecular complexity index is 380. The maximum Gasteiger partial charge on any atom is 0.327 e. The highest BCUT2D eigenvalue weighted by atomic mass is 35.5. The Hall–Kier alpha value is -0.720. The molecule has 2 unspecified atom stereocenters. The van der Waals surface area contributed by atoms with E-state index in [9.17, 15) is 10.1 Å². The summed E-state index contributed by atoms with van der Waals surface area (Å²) in [6.07, 6.45) is 1.53. The van der Waals surface area contributed by atoms with Gasteiger partial charge in [0.1, 0.15) is 4.49 Å². The lowest BCUT2D eigenvalue weighted by atomic mass is 9.98. The van der Waals surface area contributed by atoms with E-state index in [-0.39, 0.29) is 17.0 Å². The summed E-state index contributed by atoms with van der Waals surface area (Å²) in [5.74, 6) is -0.799. The highest BCUT2D eigenvalue weighted by Crippen LogP contribution is 2.70. The Labute approximate surface area is 105 Å². The van der Waals surface area contributed by atoms with Gasteiger partial charge in [0.2, 0.25) is 0 Å². The third-order valence-corrected chi connectivity index (χ3v) is 3.50. The molecule has 0 heterocycles. The summed E-state index contributed by atoms with van der Waals surface area (Å²) in [6.45, 7) is 5.61. The average molecular weight is 262 g/mol. The Kier molecular flexibility index (Phi) is 3.56. The van der Waals surface area contributed by atoms with Gasteiger partial charge in [-0.25, -0.2) is 0 Å². The van der Waals surface area contributed by atoms with Crippen LogP contribution >= 0.6 is 23.2 Å². The van der Waals surface area contributed by atoms with Crippen LogP contribution in [0.5, 0.6) is 0 Å². The van der Waals surface area contributed by atoms with Gasteiger partial charge in [0, 0.05) is 11.3 Å². The summed E-state index contributed by atoms with van der Waals surface area (Å²) in [5.41, 5.74) is -1.65. The standard InChI is InChI=1S/C11H13Cl2NO2/c1-4-16-9(15)11(6-14)7(5-8(12)13)10(11,2)3/h5,7H,4H2,1-3H3. The molecule has 16 heavy (non-hydrogen) atoms. The van der Waals surface area contributed by atoms with Crippen LogP contribution in [0.15, 0.2) is 10.6 Å². The third kappa shape index (κ3) is 1.70. The second kappa shape index (κ2) is 4.27. The van der Waals surface area contributed by atoms with Crippen LogP contribution in [0.4, 0.5) is 0 Å². The predicted octanol–water partition coefficient (Wildman–Crippen LogP) is 3.03. The van der Waals surface area contributed by atoms with E-state index in [0.29, 0.717) is 0 Å². The molecule has 0 amide bonds. The second-order valence-electron chi connectivity index (χ2n) is 4.30. The summed E-state index contributed by atoms with van der Waals surface area (Å²) in [5, 5.41) is 9.21. The van der Waals surface area contributed by atoms with Crippen molar-refractivity contribution in [2.75, 3.05) is 6.61 Å². The van der Waals surface area contributed by atoms with Crippen molar-refractivity contribution in [3.8, 4) is 6.07 Å². The molecule has 5 heteroatoms. The molecular weight excluding hydrogens is 249 g/mol. The molecule has 1 saturated carbocycles. The maximum absolute atomic E-state index is 11.8. The Morgan fingerprint density at radius 3 is 2.50 bits per heavy atom. The van der Waals surface area contributed by atoms with Crippen LogP contribution in [-0.4, -0.2) is 12.6 Å². The Morgan fingerprint density at radius 2 is 2.12 bits per heavy atom. The van der Waals surface area contributed by atoms with E-state index in [2.05, 4.69) is 0 Å². The number of ether oxygens (including phenoxy) is 1. The van der Waals surface area contributed by atoms with Crippen molar-refractivity contribution in [3.05, 3.63) is 10.6 Å². The molecule has 0 aromatic rings. The molecule has 0 spiro atoms. The molecule has 1 aliphatic rings. The summed E-state index contributed by atoms with van der Waals surface area (Å²) in [4.78, 5) is 11.8. The molecule has 88 valence electrons. The number of esters is 1. The minimum Gasteiger partial charge on any atom is -0.465 e. The molecule has 3 nitrogen and oxygen atoms in total. The van der Waals surface area contributed by atoms with Gasteiger partial charge in [0.05, 0.1) is 12.7 Å². The number of allylic oxidation sites excluding steroid dienone is 1. The number of nitrogens with zero attached hydrogens (tertiary/aromatic N) is 1. The van der Waals surface area contributed by atoms with Gasteiger partial charge < -0.3 is 4.74 Å². The van der Waals surface area contributed by atoms with Gasteiger partial charge in [-0.2, -0.15) is 5.26 Å². The monoisotopic (exact) mass is 261 g/mol. The highest BCUT2D eigenvalue weighted by Gasteiger charge is 2.76. The van der Waals surface area contributed by atoms with Gasteiger partial charge in [0.15, 0.2) is 5.41 Å². The van der Waals surface area contributed by atoms with Crippen LogP contribution in [0.25, 0.3) is 0 Å². The average Bonchev–Trinajstić information content (AvgIpc) is 2.63. The first-order chi connectivity index (χ1) is 7.34. The molecule has 0 radical (unpaired) electrons. The van der Waals surface area contributed by atoms with E-state index in [4.69, 9.17) is 27.9 Å². The van der Waals surface area contributed by atoms with Crippen LogP contribution in [0.3, 0.4) is 0 Å². The van der Waals surface area contributed by atoms with Crippen LogP contribution < -0.4 is 0 Å². The zero-order chi connectivity index (χ0) is 12.6. The quantitative estimate of drug-likeness (QED) is 0.734. The summed E-state index contributed by atoms with van der Waals surface area (Å²) >= 11 is 11.1. The maximum atomic E-state index is 11.8. The molecule has 0 bridgehead atoms. The fourth-order valence-corrected chi connectivity index (χ4v) is 2.41. The first-order valence-electron chi connectivity index (χ1n) is 4.95. The van der Waals surface area contributed by atoms with E-state index in [1.807, 2.05) is 19.9 Å². The molecule has 1 rings (SSSR count). The third-order valence-electron chi connectivity index (χ3n) is 3.24. The number of hydrogen-bond acceptors (Lipinski definition) is 3. The fourth-order valence-electron chi connectivity index (χ4n) is 2.16. The molecule has 0 N–H and O–H groups in total. The number of hydrogen-bond donors (Lipinski definition) is 0. The topological polar surface area (TPSA) is 50.1 Å². The molecule has 0 aromatic heterocycles. The Morgan fingerprint density at radius 1 is 1.56 bits per heavy atom. The van der Waals surface area contributed by atoms with Gasteiger partial charge in [-0.3, -0.25) is 4.79 Å². The summed E-state index contributed by atoms with van der Waals surface area (Å²) < 4.78 is 5.00. The lowest BCUT2D eigenvalue weighted by Crippen LogP contribution is -2.23. The number of halogens is 2. The molecule has 2 atom stereocenters. The van der Waals surface area contributed by atoms with Gasteiger partial charge in [-0.1, -0.05) is 37.0 Å². The fraction of sp³-hybridized carbons (Fsp3) is 0.636. The van der Waals surface area contributed by atoms with Crippen molar-refractivity contribution in [1.29, 1.82) is 5.26 Å². The predicted molar refractivity (Wildman–Crippen MR) is 61.7 cm³/mol. The van der Waals surface area contributed by atoms with Crippen LogP contribution in [0, 0.1) is 28.1 Å². The second-order valence-corrected chi connectivity index (χ2v) is 5.30. The number of carbonyl (C=O) groups excluding carboxylic acids is 1. The lowest BCUT2D eigenvalue weighted by molar-refractivity contribution is -0.148. The smallest absolute Gasteiger partial charge is 0.327 e. The summed E-state index contributed by atoms with van der Waals surface area (Å²) in [7, 11) is 0. The van der Waals surface area contributed by atoms with E-state index in [1.54, 1.807) is 6.92 Å². The van der Waals surface area contributed by atoms with Gasteiger partial charge in [-0.05, 0) is 13.0 Å². The number of nitriles is 1.